The Bertz CT molecular complexity index is 928. The number of amides is 1. The second-order valence-electron chi connectivity index (χ2n) is 9.32. The number of hydrogen-bond acceptors (Lipinski definition) is 5. The fourth-order valence-electron chi connectivity index (χ4n) is 4.86. The molecule has 0 atom stereocenters. The van der Waals surface area contributed by atoms with E-state index < -0.39 is 13.0 Å². The molecule has 1 aliphatic heterocycles. The molecule has 33 heavy (non-hydrogen) atoms. The molecule has 1 fully saturated rings. The Balaban J connectivity index is 1.15. The number of aromatic nitrogens is 1. The molecule has 1 aliphatic carbocycles. The molecule has 2 heterocycles. The Morgan fingerprint density at radius 2 is 2.12 bits per heavy atom. The van der Waals surface area contributed by atoms with Crippen LogP contribution in [0, 0.1) is 12.8 Å². The number of nitrogens with zero attached hydrogens (tertiary/aromatic N) is 2. The predicted octanol–water partition coefficient (Wildman–Crippen LogP) is 4.76. The summed E-state index contributed by atoms with van der Waals surface area (Å²) in [6.45, 7) is 4.23. The molecule has 1 saturated carbocycles. The number of fused-ring (bicyclic) bond motifs is 1. The van der Waals surface area contributed by atoms with Crippen molar-refractivity contribution in [1.29, 1.82) is 0 Å². The minimum Gasteiger partial charge on any atom is -0.464 e. The maximum atomic E-state index is 12.4. The van der Waals surface area contributed by atoms with Crippen molar-refractivity contribution in [3.8, 4) is 5.19 Å². The van der Waals surface area contributed by atoms with Crippen molar-refractivity contribution < 1.29 is 18.3 Å². The Hall–Kier alpha value is -2.06. The fourth-order valence-corrected chi connectivity index (χ4v) is 5.78. The molecule has 1 aromatic heterocycles. The summed E-state index contributed by atoms with van der Waals surface area (Å²) in [5.41, 5.74) is 3.23. The summed E-state index contributed by atoms with van der Waals surface area (Å²) < 4.78 is 29.8. The van der Waals surface area contributed by atoms with Crippen LogP contribution in [-0.2, 0) is 24.2 Å². The second-order valence-corrected chi connectivity index (χ2v) is 10.4. The zero-order valence-electron chi connectivity index (χ0n) is 19.2. The van der Waals surface area contributed by atoms with Crippen LogP contribution < -0.4 is 10.1 Å². The largest absolute Gasteiger partial charge is 0.464 e. The van der Waals surface area contributed by atoms with Crippen LogP contribution in [0.3, 0.4) is 0 Å². The average Bonchev–Trinajstić information content (AvgIpc) is 3.19. The van der Waals surface area contributed by atoms with Crippen LogP contribution in [0.2, 0.25) is 0 Å². The normalized spacial score (nSPS) is 21.1. The van der Waals surface area contributed by atoms with Crippen molar-refractivity contribution in [3.05, 3.63) is 46.0 Å². The Kier molecular flexibility index (Phi) is 8.30. The van der Waals surface area contributed by atoms with Gasteiger partial charge in [0, 0.05) is 24.0 Å². The molecule has 0 unspecified atom stereocenters. The lowest BCUT2D eigenvalue weighted by Gasteiger charge is -2.32. The van der Waals surface area contributed by atoms with Crippen molar-refractivity contribution >= 4 is 17.2 Å². The first-order valence-electron chi connectivity index (χ1n) is 11.9. The molecule has 1 N–H and O–H groups in total. The number of halogens is 2. The van der Waals surface area contributed by atoms with Gasteiger partial charge in [-0.05, 0) is 63.5 Å². The second kappa shape index (κ2) is 11.4. The number of benzene rings is 1. The van der Waals surface area contributed by atoms with E-state index in [4.69, 9.17) is 4.74 Å². The van der Waals surface area contributed by atoms with E-state index in [9.17, 15) is 13.6 Å². The standard InChI is InChI=1S/C25H33F2N3O2S/c1-17-3-2-4-19(13-17)14-24(31)28-20-7-5-18(6-8-20)9-11-30-12-10-22-21(15-30)29-25(33-22)32-16-23(26)27/h2-4,13,18,20,23H,5-12,14-16H2,1H3,(H,28,31). The number of hydrogen-bond donors (Lipinski definition) is 1. The number of thiazole rings is 1. The number of carbonyl (C=O) groups is 1. The highest BCUT2D eigenvalue weighted by molar-refractivity contribution is 7.13. The van der Waals surface area contributed by atoms with Crippen molar-refractivity contribution in [1.82, 2.24) is 15.2 Å². The third-order valence-corrected chi connectivity index (χ3v) is 7.70. The van der Waals surface area contributed by atoms with Gasteiger partial charge in [0.05, 0.1) is 12.1 Å². The molecular formula is C25H33F2N3O2S. The van der Waals surface area contributed by atoms with E-state index in [1.807, 2.05) is 25.1 Å². The van der Waals surface area contributed by atoms with Crippen molar-refractivity contribution in [3.63, 3.8) is 0 Å². The van der Waals surface area contributed by atoms with Crippen LogP contribution in [0.4, 0.5) is 8.78 Å². The molecule has 2 aliphatic rings. The summed E-state index contributed by atoms with van der Waals surface area (Å²) in [7, 11) is 0. The lowest BCUT2D eigenvalue weighted by atomic mass is 9.84. The van der Waals surface area contributed by atoms with Gasteiger partial charge in [0.2, 0.25) is 5.91 Å². The first kappa shape index (κ1) is 24.1. The predicted molar refractivity (Wildman–Crippen MR) is 126 cm³/mol. The van der Waals surface area contributed by atoms with E-state index in [1.165, 1.54) is 16.9 Å². The van der Waals surface area contributed by atoms with Gasteiger partial charge in [-0.1, -0.05) is 41.2 Å². The maximum Gasteiger partial charge on any atom is 0.273 e. The zero-order valence-corrected chi connectivity index (χ0v) is 20.0. The van der Waals surface area contributed by atoms with Crippen LogP contribution in [0.25, 0.3) is 0 Å². The van der Waals surface area contributed by atoms with Gasteiger partial charge < -0.3 is 10.1 Å². The van der Waals surface area contributed by atoms with Crippen molar-refractivity contribution in [2.24, 2.45) is 5.92 Å². The molecule has 0 bridgehead atoms. The van der Waals surface area contributed by atoms with Crippen LogP contribution in [0.15, 0.2) is 24.3 Å². The highest BCUT2D eigenvalue weighted by Crippen LogP contribution is 2.31. The molecule has 0 spiro atoms. The van der Waals surface area contributed by atoms with E-state index in [2.05, 4.69) is 21.3 Å². The van der Waals surface area contributed by atoms with E-state index >= 15 is 0 Å². The highest BCUT2D eigenvalue weighted by Gasteiger charge is 2.25. The Morgan fingerprint density at radius 1 is 1.30 bits per heavy atom. The summed E-state index contributed by atoms with van der Waals surface area (Å²) in [5.74, 6) is 0.810. The average molecular weight is 478 g/mol. The van der Waals surface area contributed by atoms with Crippen molar-refractivity contribution in [2.45, 2.75) is 70.9 Å². The van der Waals surface area contributed by atoms with E-state index in [-0.39, 0.29) is 11.9 Å². The molecule has 0 radical (unpaired) electrons. The van der Waals surface area contributed by atoms with Crippen LogP contribution in [-0.4, -0.2) is 48.0 Å². The summed E-state index contributed by atoms with van der Waals surface area (Å²) in [5, 5.41) is 3.59. The third kappa shape index (κ3) is 7.21. The summed E-state index contributed by atoms with van der Waals surface area (Å²) in [4.78, 5) is 20.4. The third-order valence-electron chi connectivity index (χ3n) is 6.63. The lowest BCUT2D eigenvalue weighted by Crippen LogP contribution is -2.39. The van der Waals surface area contributed by atoms with Gasteiger partial charge >= 0.3 is 0 Å². The number of rotatable bonds is 9. The summed E-state index contributed by atoms with van der Waals surface area (Å²) >= 11 is 1.40. The molecule has 1 amide bonds. The number of ether oxygens (including phenoxy) is 1. The van der Waals surface area contributed by atoms with Gasteiger partial charge in [0.1, 0.15) is 0 Å². The minimum atomic E-state index is -2.47. The molecule has 5 nitrogen and oxygen atoms in total. The number of carbonyl (C=O) groups excluding carboxylic acids is 1. The molecule has 1 aromatic carbocycles. The number of aryl methyl sites for hydroxylation is 1. The fraction of sp³-hybridized carbons (Fsp3) is 0.600. The van der Waals surface area contributed by atoms with Crippen molar-refractivity contribution in [2.75, 3.05) is 19.7 Å². The van der Waals surface area contributed by atoms with Gasteiger partial charge in [-0.25, -0.2) is 13.8 Å². The lowest BCUT2D eigenvalue weighted by molar-refractivity contribution is -0.121. The molecular weight excluding hydrogens is 444 g/mol. The van der Waals surface area contributed by atoms with Gasteiger partial charge in [0.15, 0.2) is 6.61 Å². The summed E-state index contributed by atoms with van der Waals surface area (Å²) in [6.07, 6.45) is 4.43. The minimum absolute atomic E-state index is 0.119. The monoisotopic (exact) mass is 477 g/mol. The SMILES string of the molecule is Cc1cccc(CC(=O)NC2CCC(CCN3CCc4sc(OCC(F)F)nc4C3)CC2)c1. The van der Waals surface area contributed by atoms with Gasteiger partial charge in [-0.3, -0.25) is 9.69 Å². The molecule has 180 valence electrons. The zero-order chi connectivity index (χ0) is 23.2. The Morgan fingerprint density at radius 3 is 2.88 bits per heavy atom. The quantitative estimate of drug-likeness (QED) is 0.566. The van der Waals surface area contributed by atoms with Gasteiger partial charge in [0.25, 0.3) is 11.6 Å². The molecule has 2 aromatic rings. The number of nitrogens with one attached hydrogen (secondary N) is 1. The number of alkyl halides is 2. The van der Waals surface area contributed by atoms with Crippen LogP contribution in [0.1, 0.15) is 53.8 Å². The first-order chi connectivity index (χ1) is 15.9. The van der Waals surface area contributed by atoms with Crippen LogP contribution in [0.5, 0.6) is 5.19 Å². The molecule has 4 rings (SSSR count). The van der Waals surface area contributed by atoms with Gasteiger partial charge in [-0.15, -0.1) is 0 Å². The van der Waals surface area contributed by atoms with E-state index in [1.54, 1.807) is 0 Å². The topological polar surface area (TPSA) is 54.5 Å². The van der Waals surface area contributed by atoms with E-state index in [0.29, 0.717) is 17.5 Å². The summed E-state index contributed by atoms with van der Waals surface area (Å²) in [6, 6.07) is 8.42. The molecule has 8 heteroatoms. The van der Waals surface area contributed by atoms with E-state index in [0.717, 1.165) is 74.3 Å². The first-order valence-corrected chi connectivity index (χ1v) is 12.7. The van der Waals surface area contributed by atoms with Gasteiger partial charge in [-0.2, -0.15) is 0 Å². The Labute approximate surface area is 198 Å². The maximum absolute atomic E-state index is 12.4. The smallest absolute Gasteiger partial charge is 0.273 e. The molecule has 0 saturated heterocycles. The van der Waals surface area contributed by atoms with Crippen LogP contribution >= 0.6 is 11.3 Å². The highest BCUT2D eigenvalue weighted by atomic mass is 32.1.